The molecular weight excluding hydrogens is 390 g/mol. The van der Waals surface area contributed by atoms with Gasteiger partial charge in [0.1, 0.15) is 11.7 Å². The monoisotopic (exact) mass is 425 g/mol. The number of piperidine rings is 1. The highest BCUT2D eigenvalue weighted by atomic mass is 16.6. The molecular formula is C26H35NO4. The highest BCUT2D eigenvalue weighted by Crippen LogP contribution is 2.83. The Labute approximate surface area is 184 Å². The molecule has 5 nitrogen and oxygen atoms in total. The summed E-state index contributed by atoms with van der Waals surface area (Å²) in [6.07, 6.45) is 5.17. The van der Waals surface area contributed by atoms with E-state index in [2.05, 4.69) is 38.2 Å². The van der Waals surface area contributed by atoms with Crippen molar-refractivity contribution in [2.24, 2.45) is 16.7 Å². The molecule has 31 heavy (non-hydrogen) atoms. The lowest BCUT2D eigenvalue weighted by molar-refractivity contribution is -0.288. The van der Waals surface area contributed by atoms with Crippen LogP contribution >= 0.6 is 0 Å². The standard InChI is InChI=1S/C26H35NO4/c1-21(2,3)22(4,28)16-12-23-9-10-26(16,30-6)20-25(23)13-24(19(23)27-24)11-14-7-8-15(29-5)18(31-20)17(14)25/h7-8,16,19-20,27-28H,9-13H2,1-6H3/t16?,19-,20?,22?,23?,24+,25-,26?/m0/s1. The van der Waals surface area contributed by atoms with E-state index in [1.807, 2.05) is 14.0 Å². The van der Waals surface area contributed by atoms with Gasteiger partial charge in [0, 0.05) is 41.0 Å². The summed E-state index contributed by atoms with van der Waals surface area (Å²) in [7, 11) is 3.58. The summed E-state index contributed by atoms with van der Waals surface area (Å²) in [5, 5.41) is 16.0. The van der Waals surface area contributed by atoms with Gasteiger partial charge in [-0.3, -0.25) is 0 Å². The average Bonchev–Trinajstić information content (AvgIpc) is 3.20. The topological polar surface area (TPSA) is 69.9 Å². The first-order valence-corrected chi connectivity index (χ1v) is 12.0. The van der Waals surface area contributed by atoms with Gasteiger partial charge in [-0.05, 0) is 56.1 Å². The van der Waals surface area contributed by atoms with Crippen LogP contribution in [0.5, 0.6) is 11.5 Å². The number of benzene rings is 1. The molecule has 5 fully saturated rings. The molecule has 2 heterocycles. The first-order valence-electron chi connectivity index (χ1n) is 12.0. The summed E-state index contributed by atoms with van der Waals surface area (Å²) in [6, 6.07) is 4.86. The Hall–Kier alpha value is -1.30. The van der Waals surface area contributed by atoms with Crippen LogP contribution in [0.3, 0.4) is 0 Å². The number of nitrogens with one attached hydrogen (secondary N) is 1. The zero-order valence-corrected chi connectivity index (χ0v) is 19.6. The summed E-state index contributed by atoms with van der Waals surface area (Å²) in [5.74, 6) is 1.80. The SMILES string of the molecule is COc1ccc2c3c1OC1C4(OC)CCC5(CC4C(C)(O)C(C)(C)C)[C@@H]4N[C@]4(C2)C[C@]315. The van der Waals surface area contributed by atoms with Crippen molar-refractivity contribution in [2.45, 2.75) is 94.1 Å². The van der Waals surface area contributed by atoms with Gasteiger partial charge < -0.3 is 24.6 Å². The van der Waals surface area contributed by atoms with Crippen molar-refractivity contribution in [1.82, 2.24) is 5.32 Å². The van der Waals surface area contributed by atoms with Gasteiger partial charge in [-0.15, -0.1) is 0 Å². The molecule has 8 atom stereocenters. The molecule has 168 valence electrons. The minimum Gasteiger partial charge on any atom is -0.493 e. The van der Waals surface area contributed by atoms with Gasteiger partial charge in [-0.1, -0.05) is 26.8 Å². The molecule has 1 aromatic rings. The number of hydrogen-bond donors (Lipinski definition) is 2. The van der Waals surface area contributed by atoms with Crippen molar-refractivity contribution in [2.75, 3.05) is 14.2 Å². The van der Waals surface area contributed by atoms with Gasteiger partial charge in [0.2, 0.25) is 0 Å². The Morgan fingerprint density at radius 3 is 2.61 bits per heavy atom. The van der Waals surface area contributed by atoms with E-state index in [-0.39, 0.29) is 33.8 Å². The van der Waals surface area contributed by atoms with E-state index in [1.54, 1.807) is 7.11 Å². The third-order valence-electron chi connectivity index (χ3n) is 11.1. The molecule has 8 rings (SSSR count). The van der Waals surface area contributed by atoms with Crippen LogP contribution in [0.1, 0.15) is 64.5 Å². The van der Waals surface area contributed by atoms with E-state index in [4.69, 9.17) is 14.2 Å². The van der Waals surface area contributed by atoms with Crippen LogP contribution < -0.4 is 14.8 Å². The predicted molar refractivity (Wildman–Crippen MR) is 117 cm³/mol. The highest BCUT2D eigenvalue weighted by molar-refractivity contribution is 5.67. The van der Waals surface area contributed by atoms with Crippen molar-refractivity contribution in [3.05, 3.63) is 23.3 Å². The predicted octanol–water partition coefficient (Wildman–Crippen LogP) is 3.35. The van der Waals surface area contributed by atoms with E-state index in [0.29, 0.717) is 6.04 Å². The summed E-state index contributed by atoms with van der Waals surface area (Å²) in [5.41, 5.74) is 1.44. The van der Waals surface area contributed by atoms with Crippen LogP contribution in [0.25, 0.3) is 0 Å². The van der Waals surface area contributed by atoms with Gasteiger partial charge in [0.25, 0.3) is 0 Å². The van der Waals surface area contributed by atoms with Crippen molar-refractivity contribution < 1.29 is 19.3 Å². The Morgan fingerprint density at radius 2 is 1.94 bits per heavy atom. The van der Waals surface area contributed by atoms with E-state index >= 15 is 0 Å². The average molecular weight is 426 g/mol. The lowest BCUT2D eigenvalue weighted by atomic mass is 9.38. The molecule has 3 spiro atoms. The molecule has 7 aliphatic rings. The molecule has 2 aliphatic heterocycles. The molecule has 5 unspecified atom stereocenters. The van der Waals surface area contributed by atoms with E-state index in [1.165, 1.54) is 11.1 Å². The molecule has 1 aromatic carbocycles. The molecule has 5 heteroatoms. The number of fused-ring (bicyclic) bond motifs is 2. The lowest BCUT2D eigenvalue weighted by Gasteiger charge is -2.69. The molecule has 4 bridgehead atoms. The molecule has 1 saturated heterocycles. The van der Waals surface area contributed by atoms with Crippen LogP contribution in [-0.2, 0) is 16.6 Å². The minimum absolute atomic E-state index is 0.0110. The van der Waals surface area contributed by atoms with E-state index in [9.17, 15) is 5.11 Å². The smallest absolute Gasteiger partial charge is 0.165 e. The van der Waals surface area contributed by atoms with Gasteiger partial charge in [0.15, 0.2) is 11.5 Å². The van der Waals surface area contributed by atoms with Gasteiger partial charge in [-0.25, -0.2) is 0 Å². The zero-order chi connectivity index (χ0) is 21.8. The van der Waals surface area contributed by atoms with Crippen molar-refractivity contribution in [3.8, 4) is 11.5 Å². The Balaban J connectivity index is 1.52. The van der Waals surface area contributed by atoms with Crippen LogP contribution in [0.2, 0.25) is 0 Å². The second-order valence-corrected chi connectivity index (χ2v) is 12.7. The summed E-state index contributed by atoms with van der Waals surface area (Å²) < 4.78 is 19.3. The van der Waals surface area contributed by atoms with Crippen molar-refractivity contribution >= 4 is 0 Å². The Kier molecular flexibility index (Phi) is 3.06. The first kappa shape index (κ1) is 19.2. The van der Waals surface area contributed by atoms with Crippen molar-refractivity contribution in [3.63, 3.8) is 0 Å². The normalized spacial score (nSPS) is 49.2. The number of ether oxygens (including phenoxy) is 3. The van der Waals surface area contributed by atoms with Gasteiger partial charge in [-0.2, -0.15) is 0 Å². The molecule has 0 amide bonds. The second kappa shape index (κ2) is 4.95. The first-order chi connectivity index (χ1) is 14.5. The van der Waals surface area contributed by atoms with Crippen LogP contribution in [0, 0.1) is 16.7 Å². The van der Waals surface area contributed by atoms with Gasteiger partial charge >= 0.3 is 0 Å². The Morgan fingerprint density at radius 1 is 1.16 bits per heavy atom. The number of rotatable bonds is 3. The fourth-order valence-electron chi connectivity index (χ4n) is 9.39. The largest absolute Gasteiger partial charge is 0.493 e. The lowest BCUT2D eigenvalue weighted by Crippen LogP contribution is -2.78. The molecule has 4 saturated carbocycles. The number of hydrogen-bond acceptors (Lipinski definition) is 5. The molecule has 0 radical (unpaired) electrons. The maximum atomic E-state index is 12.0. The van der Waals surface area contributed by atoms with Crippen molar-refractivity contribution in [1.29, 1.82) is 0 Å². The summed E-state index contributed by atoms with van der Waals surface area (Å²) in [4.78, 5) is 0. The molecule has 2 N–H and O–H groups in total. The quantitative estimate of drug-likeness (QED) is 0.727. The maximum Gasteiger partial charge on any atom is 0.165 e. The van der Waals surface area contributed by atoms with Gasteiger partial charge in [0.05, 0.1) is 12.7 Å². The van der Waals surface area contributed by atoms with E-state index < -0.39 is 11.2 Å². The third kappa shape index (κ3) is 1.67. The van der Waals surface area contributed by atoms with Crippen LogP contribution in [0.15, 0.2) is 12.1 Å². The van der Waals surface area contributed by atoms with Crippen LogP contribution in [-0.4, -0.2) is 48.2 Å². The fourth-order valence-corrected chi connectivity index (χ4v) is 9.39. The number of aliphatic hydroxyl groups is 1. The Bertz CT molecular complexity index is 1030. The minimum atomic E-state index is -0.873. The van der Waals surface area contributed by atoms with Crippen LogP contribution in [0.4, 0.5) is 0 Å². The molecule has 0 aromatic heterocycles. The summed E-state index contributed by atoms with van der Waals surface area (Å²) in [6.45, 7) is 8.50. The van der Waals surface area contributed by atoms with E-state index in [0.717, 1.165) is 43.6 Å². The highest BCUT2D eigenvalue weighted by Gasteiger charge is 2.90. The maximum absolute atomic E-state index is 12.0. The third-order valence-corrected chi connectivity index (χ3v) is 11.1. The molecule has 5 aliphatic carbocycles. The zero-order valence-electron chi connectivity index (χ0n) is 19.6. The summed E-state index contributed by atoms with van der Waals surface area (Å²) >= 11 is 0. The number of methoxy groups -OCH3 is 2. The fraction of sp³-hybridized carbons (Fsp3) is 0.769. The second-order valence-electron chi connectivity index (χ2n) is 12.7.